The summed E-state index contributed by atoms with van der Waals surface area (Å²) in [5.41, 5.74) is 0.733. The van der Waals surface area contributed by atoms with Crippen molar-refractivity contribution in [3.8, 4) is 0 Å². The minimum atomic E-state index is 0.0670. The lowest BCUT2D eigenvalue weighted by Crippen LogP contribution is -2.23. The van der Waals surface area contributed by atoms with Crippen LogP contribution in [0.15, 0.2) is 34.8 Å². The first-order valence-electron chi connectivity index (χ1n) is 5.58. The van der Waals surface area contributed by atoms with Gasteiger partial charge in [-0.2, -0.15) is 0 Å². The number of nitrogens with one attached hydrogen (secondary N) is 1. The predicted molar refractivity (Wildman–Crippen MR) is 74.3 cm³/mol. The number of carbonyl (C=O) groups excluding carboxylic acids is 1. The second-order valence-corrected chi connectivity index (χ2v) is 5.27. The largest absolute Gasteiger partial charge is 0.325 e. The highest BCUT2D eigenvalue weighted by Gasteiger charge is 2.19. The summed E-state index contributed by atoms with van der Waals surface area (Å²) in [5.74, 6) is 0.142. The van der Waals surface area contributed by atoms with Gasteiger partial charge in [-0.25, -0.2) is 0 Å². The Kier molecular flexibility index (Phi) is 4.24. The lowest BCUT2D eigenvalue weighted by Gasteiger charge is -2.18. The Bertz CT molecular complexity index is 459. The van der Waals surface area contributed by atoms with Crippen LogP contribution in [0.25, 0.3) is 0 Å². The maximum absolute atomic E-state index is 12.0. The van der Waals surface area contributed by atoms with E-state index in [0.29, 0.717) is 5.02 Å². The molecule has 1 aliphatic rings. The van der Waals surface area contributed by atoms with E-state index >= 15 is 0 Å². The van der Waals surface area contributed by atoms with E-state index in [1.165, 1.54) is 0 Å². The van der Waals surface area contributed by atoms with Crippen LogP contribution in [0.3, 0.4) is 0 Å². The normalized spacial score (nSPS) is 19.1. The summed E-state index contributed by atoms with van der Waals surface area (Å²) in [6, 6.07) is 5.45. The molecule has 1 aromatic carbocycles. The van der Waals surface area contributed by atoms with Crippen molar-refractivity contribution in [1.82, 2.24) is 0 Å². The monoisotopic (exact) mass is 313 g/mol. The number of rotatable bonds is 2. The van der Waals surface area contributed by atoms with Gasteiger partial charge < -0.3 is 5.32 Å². The molecule has 0 saturated carbocycles. The standard InChI is InChI=1S/C13H13BrClNO/c14-12-10(15)7-4-8-11(12)16-13(17)9-5-2-1-3-6-9/h1-2,4,7-9H,3,5-6H2,(H,16,17). The van der Waals surface area contributed by atoms with Gasteiger partial charge in [-0.1, -0.05) is 29.8 Å². The van der Waals surface area contributed by atoms with Crippen LogP contribution in [0.4, 0.5) is 5.69 Å². The fourth-order valence-corrected chi connectivity index (χ4v) is 2.40. The molecule has 2 nitrogen and oxygen atoms in total. The molecule has 0 saturated heterocycles. The first-order chi connectivity index (χ1) is 8.18. The van der Waals surface area contributed by atoms with Crippen LogP contribution < -0.4 is 5.32 Å². The molecule has 1 atom stereocenters. The number of hydrogen-bond acceptors (Lipinski definition) is 1. The molecule has 0 aromatic heterocycles. The first kappa shape index (κ1) is 12.7. The number of amides is 1. The summed E-state index contributed by atoms with van der Waals surface area (Å²) in [7, 11) is 0. The number of allylic oxidation sites excluding steroid dienone is 2. The van der Waals surface area contributed by atoms with E-state index in [1.807, 2.05) is 12.1 Å². The van der Waals surface area contributed by atoms with Gasteiger partial charge in [0.1, 0.15) is 0 Å². The Morgan fingerprint density at radius 3 is 2.94 bits per heavy atom. The van der Waals surface area contributed by atoms with Gasteiger partial charge in [-0.3, -0.25) is 4.79 Å². The molecule has 1 aliphatic carbocycles. The molecular formula is C13H13BrClNO. The molecule has 0 radical (unpaired) electrons. The minimum absolute atomic E-state index is 0.0670. The number of anilines is 1. The molecule has 0 bridgehead atoms. The Balaban J connectivity index is 2.07. The van der Waals surface area contributed by atoms with Crippen LogP contribution in [-0.2, 0) is 4.79 Å². The van der Waals surface area contributed by atoms with Gasteiger partial charge >= 0.3 is 0 Å². The Morgan fingerprint density at radius 1 is 1.41 bits per heavy atom. The third-order valence-electron chi connectivity index (χ3n) is 2.85. The van der Waals surface area contributed by atoms with Crippen molar-refractivity contribution in [3.05, 3.63) is 39.8 Å². The molecule has 2 rings (SSSR count). The summed E-state index contributed by atoms with van der Waals surface area (Å²) in [4.78, 5) is 12.0. The Labute approximate surface area is 114 Å². The Hall–Kier alpha value is -0.800. The van der Waals surface area contributed by atoms with Crippen LogP contribution >= 0.6 is 27.5 Å². The molecule has 0 heterocycles. The van der Waals surface area contributed by atoms with Gasteiger partial charge in [-0.15, -0.1) is 0 Å². The van der Waals surface area contributed by atoms with Crippen molar-refractivity contribution in [2.45, 2.75) is 19.3 Å². The van der Waals surface area contributed by atoms with Crippen LogP contribution in [0.1, 0.15) is 19.3 Å². The molecular weight excluding hydrogens is 302 g/mol. The molecule has 4 heteroatoms. The first-order valence-corrected chi connectivity index (χ1v) is 6.75. The highest BCUT2D eigenvalue weighted by atomic mass is 79.9. The van der Waals surface area contributed by atoms with Crippen molar-refractivity contribution < 1.29 is 4.79 Å². The fourth-order valence-electron chi connectivity index (χ4n) is 1.87. The van der Waals surface area contributed by atoms with Crippen molar-refractivity contribution in [2.24, 2.45) is 5.92 Å². The third kappa shape index (κ3) is 3.11. The van der Waals surface area contributed by atoms with Gasteiger partial charge in [0.2, 0.25) is 5.91 Å². The van der Waals surface area contributed by atoms with Gasteiger partial charge in [0.05, 0.1) is 15.2 Å². The second-order valence-electron chi connectivity index (χ2n) is 4.07. The predicted octanol–water partition coefficient (Wildman–Crippen LogP) is 4.40. The molecule has 90 valence electrons. The number of hydrogen-bond donors (Lipinski definition) is 1. The van der Waals surface area contributed by atoms with E-state index < -0.39 is 0 Å². The van der Waals surface area contributed by atoms with Crippen molar-refractivity contribution in [1.29, 1.82) is 0 Å². The van der Waals surface area contributed by atoms with Gasteiger partial charge in [0.25, 0.3) is 0 Å². The third-order valence-corrected chi connectivity index (χ3v) is 4.25. The second kappa shape index (κ2) is 5.69. The highest BCUT2D eigenvalue weighted by Crippen LogP contribution is 2.31. The molecule has 1 aromatic rings. The van der Waals surface area contributed by atoms with Gasteiger partial charge in [-0.05, 0) is 47.3 Å². The Morgan fingerprint density at radius 2 is 2.24 bits per heavy atom. The van der Waals surface area contributed by atoms with Crippen LogP contribution in [0.5, 0.6) is 0 Å². The molecule has 1 amide bonds. The van der Waals surface area contributed by atoms with E-state index in [2.05, 4.69) is 33.4 Å². The van der Waals surface area contributed by atoms with Gasteiger partial charge in [0, 0.05) is 5.92 Å². The van der Waals surface area contributed by atoms with Crippen LogP contribution in [-0.4, -0.2) is 5.91 Å². The zero-order chi connectivity index (χ0) is 12.3. The lowest BCUT2D eigenvalue weighted by molar-refractivity contribution is -0.120. The quantitative estimate of drug-likeness (QED) is 0.806. The maximum atomic E-state index is 12.0. The summed E-state index contributed by atoms with van der Waals surface area (Å²) in [6.07, 6.45) is 6.92. The fraction of sp³-hybridized carbons (Fsp3) is 0.308. The van der Waals surface area contributed by atoms with Crippen molar-refractivity contribution in [2.75, 3.05) is 5.32 Å². The molecule has 0 aliphatic heterocycles. The summed E-state index contributed by atoms with van der Waals surface area (Å²) >= 11 is 9.35. The van der Waals surface area contributed by atoms with Crippen molar-refractivity contribution in [3.63, 3.8) is 0 Å². The van der Waals surface area contributed by atoms with Crippen molar-refractivity contribution >= 4 is 39.1 Å². The zero-order valence-corrected chi connectivity index (χ0v) is 11.6. The number of halogens is 2. The zero-order valence-electron chi connectivity index (χ0n) is 9.25. The van der Waals surface area contributed by atoms with E-state index in [0.717, 1.165) is 29.4 Å². The van der Waals surface area contributed by atoms with Gasteiger partial charge in [0.15, 0.2) is 0 Å². The molecule has 17 heavy (non-hydrogen) atoms. The average Bonchev–Trinajstić information content (AvgIpc) is 2.36. The SMILES string of the molecule is O=C(Nc1cccc(Cl)c1Br)C1CC=CCC1. The average molecular weight is 315 g/mol. The van der Waals surface area contributed by atoms with E-state index in [9.17, 15) is 4.79 Å². The molecule has 0 spiro atoms. The summed E-state index contributed by atoms with van der Waals surface area (Å²) in [6.45, 7) is 0. The highest BCUT2D eigenvalue weighted by molar-refractivity contribution is 9.10. The van der Waals surface area contributed by atoms with E-state index in [4.69, 9.17) is 11.6 Å². The van der Waals surface area contributed by atoms with Crippen LogP contribution in [0.2, 0.25) is 5.02 Å². The molecule has 1 unspecified atom stereocenters. The summed E-state index contributed by atoms with van der Waals surface area (Å²) < 4.78 is 0.737. The van der Waals surface area contributed by atoms with E-state index in [-0.39, 0.29) is 11.8 Å². The topological polar surface area (TPSA) is 29.1 Å². The van der Waals surface area contributed by atoms with Crippen LogP contribution in [0, 0.1) is 5.92 Å². The number of benzene rings is 1. The molecule has 1 N–H and O–H groups in total. The minimum Gasteiger partial charge on any atom is -0.325 e. The lowest BCUT2D eigenvalue weighted by atomic mass is 9.93. The van der Waals surface area contributed by atoms with E-state index in [1.54, 1.807) is 6.07 Å². The number of carbonyl (C=O) groups is 1. The maximum Gasteiger partial charge on any atom is 0.227 e. The molecule has 0 fully saturated rings. The summed E-state index contributed by atoms with van der Waals surface area (Å²) in [5, 5.41) is 3.52. The smallest absolute Gasteiger partial charge is 0.227 e.